The van der Waals surface area contributed by atoms with E-state index in [0.29, 0.717) is 6.54 Å². The van der Waals surface area contributed by atoms with E-state index >= 15 is 0 Å². The van der Waals surface area contributed by atoms with Gasteiger partial charge in [0, 0.05) is 23.3 Å². The number of rotatable bonds is 12. The predicted molar refractivity (Wildman–Crippen MR) is 109 cm³/mol. The second-order valence-corrected chi connectivity index (χ2v) is 10.2. The van der Waals surface area contributed by atoms with Gasteiger partial charge in [0.2, 0.25) is 6.54 Å². The van der Waals surface area contributed by atoms with Crippen molar-refractivity contribution in [1.82, 2.24) is 10.6 Å². The smallest absolute Gasteiger partial charge is 0.244 e. The fourth-order valence-electron chi connectivity index (χ4n) is 5.08. The highest BCUT2D eigenvalue weighted by Gasteiger charge is 2.68. The third kappa shape index (κ3) is 4.32. The van der Waals surface area contributed by atoms with Gasteiger partial charge in [0.25, 0.3) is 0 Å². The molecule has 0 aliphatic heterocycles. The molecule has 0 aromatic carbocycles. The van der Waals surface area contributed by atoms with Crippen molar-refractivity contribution in [3.63, 3.8) is 0 Å². The first-order chi connectivity index (χ1) is 13.0. The minimum absolute atomic E-state index is 0.294. The van der Waals surface area contributed by atoms with Crippen molar-refractivity contribution < 1.29 is 9.34 Å². The Bertz CT molecular complexity index is 673. The molecule has 4 fully saturated rings. The van der Waals surface area contributed by atoms with Gasteiger partial charge in [0.15, 0.2) is 4.99 Å². The maximum atomic E-state index is 10.7. The Morgan fingerprint density at radius 1 is 1.37 bits per heavy atom. The largest absolute Gasteiger partial charge is 0.464 e. The molecule has 0 saturated heterocycles. The van der Waals surface area contributed by atoms with Gasteiger partial charge in [-0.1, -0.05) is 0 Å². The molecule has 4 unspecified atom stereocenters. The summed E-state index contributed by atoms with van der Waals surface area (Å²) in [7, 11) is 0. The molecule has 7 nitrogen and oxygen atoms in total. The van der Waals surface area contributed by atoms with Gasteiger partial charge in [-0.05, 0) is 54.9 Å². The zero-order valence-corrected chi connectivity index (χ0v) is 17.2. The van der Waals surface area contributed by atoms with Crippen molar-refractivity contribution in [3.05, 3.63) is 33.8 Å². The normalized spacial score (nSPS) is 32.6. The first kappa shape index (κ1) is 19.6. The van der Waals surface area contributed by atoms with Crippen molar-refractivity contribution in [3.8, 4) is 0 Å². The maximum absolute atomic E-state index is 10.7. The molecular formula is C18H28N4O3S2. The van der Waals surface area contributed by atoms with Crippen LogP contribution in [-0.4, -0.2) is 41.1 Å². The van der Waals surface area contributed by atoms with Crippen LogP contribution in [0, 0.1) is 33.8 Å². The minimum atomic E-state index is -1.01. The number of nitrogens with two attached hydrogens (primary N) is 1. The minimum Gasteiger partial charge on any atom is -0.464 e. The van der Waals surface area contributed by atoms with E-state index < -0.39 is 4.99 Å². The highest BCUT2D eigenvalue weighted by Crippen LogP contribution is 2.70. The van der Waals surface area contributed by atoms with E-state index in [1.807, 2.05) is 6.07 Å². The zero-order chi connectivity index (χ0) is 19.0. The quantitative estimate of drug-likeness (QED) is 0.207. The molecule has 1 aromatic heterocycles. The van der Waals surface area contributed by atoms with Crippen LogP contribution in [0.25, 0.3) is 0 Å². The molecule has 4 bridgehead atoms. The molecule has 4 saturated carbocycles. The molecule has 0 radical (unpaired) electrons. The zero-order valence-electron chi connectivity index (χ0n) is 15.6. The lowest BCUT2D eigenvalue weighted by Gasteiger charge is -2.24. The van der Waals surface area contributed by atoms with Crippen LogP contribution in [0.5, 0.6) is 0 Å². The van der Waals surface area contributed by atoms with Crippen LogP contribution in [0.15, 0.2) is 16.5 Å². The summed E-state index contributed by atoms with van der Waals surface area (Å²) in [5.74, 6) is 7.55. The van der Waals surface area contributed by atoms with Crippen LogP contribution >= 0.6 is 23.5 Å². The van der Waals surface area contributed by atoms with E-state index in [0.717, 1.165) is 59.3 Å². The van der Waals surface area contributed by atoms with E-state index in [9.17, 15) is 10.1 Å². The Hall–Kier alpha value is -0.740. The van der Waals surface area contributed by atoms with Crippen molar-refractivity contribution in [1.29, 1.82) is 0 Å². The average Bonchev–Trinajstić information content (AvgIpc) is 3.13. The van der Waals surface area contributed by atoms with E-state index in [1.165, 1.54) is 24.6 Å². The van der Waals surface area contributed by atoms with Gasteiger partial charge in [-0.3, -0.25) is 21.2 Å². The monoisotopic (exact) mass is 412 g/mol. The Morgan fingerprint density at radius 3 is 2.74 bits per heavy atom. The fraction of sp³-hybridized carbons (Fsp3) is 0.778. The maximum Gasteiger partial charge on any atom is 0.244 e. The lowest BCUT2D eigenvalue weighted by Crippen LogP contribution is -2.55. The molecule has 4 atom stereocenters. The average molecular weight is 413 g/mol. The van der Waals surface area contributed by atoms with Crippen LogP contribution in [0.1, 0.15) is 24.4 Å². The van der Waals surface area contributed by atoms with Crippen LogP contribution in [0.2, 0.25) is 0 Å². The van der Waals surface area contributed by atoms with Gasteiger partial charge in [0.05, 0.1) is 12.3 Å². The van der Waals surface area contributed by atoms with Crippen LogP contribution in [-0.2, 0) is 12.3 Å². The first-order valence-electron chi connectivity index (χ1n) is 9.58. The molecule has 1 aromatic rings. The van der Waals surface area contributed by atoms with E-state index in [2.05, 4.69) is 16.7 Å². The molecule has 5 rings (SSSR count). The topological polar surface area (TPSA) is 106 Å². The van der Waals surface area contributed by atoms with E-state index in [4.69, 9.17) is 10.2 Å². The summed E-state index contributed by atoms with van der Waals surface area (Å²) in [6.07, 6.45) is 4.67. The second kappa shape index (κ2) is 7.94. The molecule has 27 heavy (non-hydrogen) atoms. The van der Waals surface area contributed by atoms with E-state index in [-0.39, 0.29) is 11.5 Å². The molecule has 4 aliphatic carbocycles. The van der Waals surface area contributed by atoms with Gasteiger partial charge in [-0.15, -0.1) is 11.8 Å². The summed E-state index contributed by atoms with van der Waals surface area (Å²) in [6, 6.07) is 4.84. The summed E-state index contributed by atoms with van der Waals surface area (Å²) in [5.41, 5.74) is 5.98. The van der Waals surface area contributed by atoms with Crippen molar-refractivity contribution in [2.75, 3.05) is 25.1 Å². The number of nitrogens with zero attached hydrogens (tertiary/aromatic N) is 1. The highest BCUT2D eigenvalue weighted by atomic mass is 32.2. The number of hydrogen-bond donors (Lipinski definition) is 3. The molecular weight excluding hydrogens is 384 g/mol. The Labute approximate surface area is 168 Å². The Morgan fingerprint density at radius 2 is 2.11 bits per heavy atom. The molecule has 1 heterocycles. The molecule has 4 N–H and O–H groups in total. The van der Waals surface area contributed by atoms with Gasteiger partial charge in [-0.25, -0.2) is 0 Å². The fourth-order valence-corrected chi connectivity index (χ4v) is 6.31. The molecule has 0 amide bonds. The van der Waals surface area contributed by atoms with Crippen molar-refractivity contribution in [2.45, 2.75) is 36.2 Å². The Kier molecular flexibility index (Phi) is 5.76. The van der Waals surface area contributed by atoms with Gasteiger partial charge < -0.3 is 9.73 Å². The molecule has 9 heteroatoms. The van der Waals surface area contributed by atoms with Crippen LogP contribution in [0.3, 0.4) is 0 Å². The molecule has 0 spiro atoms. The van der Waals surface area contributed by atoms with E-state index in [1.54, 1.807) is 18.0 Å². The van der Waals surface area contributed by atoms with Crippen molar-refractivity contribution in [2.24, 2.45) is 29.4 Å². The lowest BCUT2D eigenvalue weighted by atomic mass is 10.1. The van der Waals surface area contributed by atoms with Crippen molar-refractivity contribution >= 4 is 23.5 Å². The third-order valence-electron chi connectivity index (χ3n) is 6.34. The summed E-state index contributed by atoms with van der Waals surface area (Å²) < 4.78 is 5.94. The number of nitrogens with one attached hydrogen (secondary N) is 2. The predicted octanol–water partition coefficient (Wildman–Crippen LogP) is 2.10. The Balaban J connectivity index is 1.12. The molecule has 4 aliphatic rings. The number of hydrogen-bond acceptors (Lipinski definition) is 8. The van der Waals surface area contributed by atoms with Gasteiger partial charge >= 0.3 is 0 Å². The number of thioether (sulfide) groups is 2. The van der Waals surface area contributed by atoms with Crippen LogP contribution < -0.4 is 16.4 Å². The first-order valence-corrected chi connectivity index (χ1v) is 12.0. The second-order valence-electron chi connectivity index (χ2n) is 7.98. The summed E-state index contributed by atoms with van der Waals surface area (Å²) in [6.45, 7) is 1.16. The SMILES string of the molecule is CSC(N)(C[N+](=O)[O-])NCCSCc1ccc(CNC2C3CC4C(C3)C42)o1. The summed E-state index contributed by atoms with van der Waals surface area (Å²) in [4.78, 5) is 9.29. The number of furan rings is 1. The van der Waals surface area contributed by atoms with Gasteiger partial charge in [0.1, 0.15) is 11.5 Å². The lowest BCUT2D eigenvalue weighted by molar-refractivity contribution is -0.485. The standard InChI is InChI=1S/C18H28N4O3S2/c1-26-18(19,10-22(23)24)21-4-5-27-9-13-3-2-12(25-13)8-20-17-11-6-14-15(7-11)16(14)17/h2-3,11,14-17,20-21H,4-10,19H2,1H3. The summed E-state index contributed by atoms with van der Waals surface area (Å²) >= 11 is 3.01. The highest BCUT2D eigenvalue weighted by molar-refractivity contribution is 8.00. The third-order valence-corrected chi connectivity index (χ3v) is 8.33. The van der Waals surface area contributed by atoms with Crippen LogP contribution in [0.4, 0.5) is 0 Å². The number of nitro groups is 1. The molecule has 150 valence electrons. The van der Waals surface area contributed by atoms with Gasteiger partial charge in [-0.2, -0.15) is 11.8 Å². The summed E-state index contributed by atoms with van der Waals surface area (Å²) in [5, 5.41) is 17.5.